The van der Waals surface area contributed by atoms with E-state index in [1.54, 1.807) is 4.90 Å². The fourth-order valence-electron chi connectivity index (χ4n) is 2.60. The van der Waals surface area contributed by atoms with Gasteiger partial charge in [0.05, 0.1) is 6.04 Å². The maximum Gasteiger partial charge on any atom is 0.239 e. The Kier molecular flexibility index (Phi) is 6.65. The van der Waals surface area contributed by atoms with Crippen LogP contribution in [0.5, 0.6) is 0 Å². The zero-order valence-corrected chi connectivity index (χ0v) is 12.3. The molecule has 4 heteroatoms. The highest BCUT2D eigenvalue weighted by molar-refractivity contribution is 5.81. The van der Waals surface area contributed by atoms with Gasteiger partial charge in [0.15, 0.2) is 0 Å². The standard InChI is InChI=1S/C14H29N3O/c1-5-17(4)14(18)12(3)16-11(2)10-13-8-6-7-9-15-13/h11-13,15-16H,5-10H2,1-4H3. The van der Waals surface area contributed by atoms with Crippen LogP contribution in [0.3, 0.4) is 0 Å². The summed E-state index contributed by atoms with van der Waals surface area (Å²) >= 11 is 0. The molecule has 4 nitrogen and oxygen atoms in total. The number of likely N-dealkylation sites (N-methyl/N-ethyl adjacent to an activating group) is 1. The van der Waals surface area contributed by atoms with Crippen molar-refractivity contribution in [3.8, 4) is 0 Å². The number of piperidine rings is 1. The average molecular weight is 255 g/mol. The summed E-state index contributed by atoms with van der Waals surface area (Å²) in [5, 5.41) is 6.96. The van der Waals surface area contributed by atoms with E-state index in [0.29, 0.717) is 12.1 Å². The third-order valence-corrected chi connectivity index (χ3v) is 3.81. The van der Waals surface area contributed by atoms with E-state index in [9.17, 15) is 4.79 Å². The minimum absolute atomic E-state index is 0.0893. The van der Waals surface area contributed by atoms with Crippen LogP contribution >= 0.6 is 0 Å². The molecule has 1 amide bonds. The zero-order valence-electron chi connectivity index (χ0n) is 12.3. The molecule has 18 heavy (non-hydrogen) atoms. The lowest BCUT2D eigenvalue weighted by molar-refractivity contribution is -0.131. The van der Waals surface area contributed by atoms with Crippen molar-refractivity contribution in [2.75, 3.05) is 20.1 Å². The molecule has 0 aromatic carbocycles. The molecule has 3 unspecified atom stereocenters. The van der Waals surface area contributed by atoms with Crippen LogP contribution in [0.4, 0.5) is 0 Å². The molecule has 1 aliphatic rings. The minimum Gasteiger partial charge on any atom is -0.345 e. The summed E-state index contributed by atoms with van der Waals surface area (Å²) in [7, 11) is 1.86. The molecule has 0 spiro atoms. The van der Waals surface area contributed by atoms with Crippen molar-refractivity contribution < 1.29 is 4.79 Å². The first kappa shape index (κ1) is 15.4. The van der Waals surface area contributed by atoms with Crippen molar-refractivity contribution >= 4 is 5.91 Å². The third kappa shape index (κ3) is 4.94. The smallest absolute Gasteiger partial charge is 0.239 e. The molecule has 0 radical (unpaired) electrons. The van der Waals surface area contributed by atoms with E-state index >= 15 is 0 Å². The molecule has 0 saturated carbocycles. The van der Waals surface area contributed by atoms with Crippen LogP contribution in [0.25, 0.3) is 0 Å². The lowest BCUT2D eigenvalue weighted by Gasteiger charge is -2.29. The van der Waals surface area contributed by atoms with Gasteiger partial charge in [-0.3, -0.25) is 4.79 Å². The van der Waals surface area contributed by atoms with Crippen LogP contribution in [0.1, 0.15) is 46.5 Å². The van der Waals surface area contributed by atoms with E-state index in [2.05, 4.69) is 17.6 Å². The highest BCUT2D eigenvalue weighted by Crippen LogP contribution is 2.12. The Hall–Kier alpha value is -0.610. The number of amides is 1. The van der Waals surface area contributed by atoms with E-state index in [1.165, 1.54) is 19.3 Å². The number of carbonyl (C=O) groups excluding carboxylic acids is 1. The highest BCUT2D eigenvalue weighted by atomic mass is 16.2. The van der Waals surface area contributed by atoms with Crippen molar-refractivity contribution in [3.05, 3.63) is 0 Å². The molecular weight excluding hydrogens is 226 g/mol. The second-order valence-corrected chi connectivity index (χ2v) is 5.52. The molecule has 1 fully saturated rings. The number of hydrogen-bond donors (Lipinski definition) is 2. The Labute approximate surface area is 111 Å². The van der Waals surface area contributed by atoms with Gasteiger partial charge in [-0.05, 0) is 46.6 Å². The molecule has 0 aliphatic carbocycles. The van der Waals surface area contributed by atoms with E-state index in [-0.39, 0.29) is 11.9 Å². The van der Waals surface area contributed by atoms with Gasteiger partial charge >= 0.3 is 0 Å². The van der Waals surface area contributed by atoms with Gasteiger partial charge in [-0.15, -0.1) is 0 Å². The molecular formula is C14H29N3O. The normalized spacial score (nSPS) is 23.4. The quantitative estimate of drug-likeness (QED) is 0.753. The largest absolute Gasteiger partial charge is 0.345 e. The van der Waals surface area contributed by atoms with Crippen LogP contribution in [0.15, 0.2) is 0 Å². The third-order valence-electron chi connectivity index (χ3n) is 3.81. The van der Waals surface area contributed by atoms with Gasteiger partial charge < -0.3 is 15.5 Å². The molecule has 1 heterocycles. The monoisotopic (exact) mass is 255 g/mol. The molecule has 1 saturated heterocycles. The van der Waals surface area contributed by atoms with Crippen molar-refractivity contribution in [2.24, 2.45) is 0 Å². The van der Waals surface area contributed by atoms with Gasteiger partial charge in [0.25, 0.3) is 0 Å². The van der Waals surface area contributed by atoms with Gasteiger partial charge in [-0.2, -0.15) is 0 Å². The Morgan fingerprint density at radius 1 is 1.44 bits per heavy atom. The van der Waals surface area contributed by atoms with E-state index < -0.39 is 0 Å². The Morgan fingerprint density at radius 3 is 2.72 bits per heavy atom. The SMILES string of the molecule is CCN(C)C(=O)C(C)NC(C)CC1CCCCN1. The molecule has 0 aromatic rings. The summed E-state index contributed by atoms with van der Waals surface area (Å²) in [6.07, 6.45) is 5.00. The maximum absolute atomic E-state index is 11.9. The van der Waals surface area contributed by atoms with Crippen LogP contribution in [0, 0.1) is 0 Å². The van der Waals surface area contributed by atoms with Crippen LogP contribution < -0.4 is 10.6 Å². The topological polar surface area (TPSA) is 44.4 Å². The van der Waals surface area contributed by atoms with E-state index in [4.69, 9.17) is 0 Å². The van der Waals surface area contributed by atoms with Crippen LogP contribution in [-0.2, 0) is 4.79 Å². The van der Waals surface area contributed by atoms with Gasteiger partial charge in [-0.25, -0.2) is 0 Å². The number of carbonyl (C=O) groups is 1. The summed E-state index contributed by atoms with van der Waals surface area (Å²) in [5.41, 5.74) is 0. The first-order chi connectivity index (χ1) is 8.54. The molecule has 0 bridgehead atoms. The lowest BCUT2D eigenvalue weighted by atomic mass is 9.98. The number of nitrogens with one attached hydrogen (secondary N) is 2. The van der Waals surface area contributed by atoms with Crippen LogP contribution in [0.2, 0.25) is 0 Å². The van der Waals surface area contributed by atoms with Gasteiger partial charge in [-0.1, -0.05) is 6.42 Å². The molecule has 1 rings (SSSR count). The number of hydrogen-bond acceptors (Lipinski definition) is 3. The van der Waals surface area contributed by atoms with Gasteiger partial charge in [0.2, 0.25) is 5.91 Å². The molecule has 106 valence electrons. The fraction of sp³-hybridized carbons (Fsp3) is 0.929. The predicted molar refractivity (Wildman–Crippen MR) is 75.6 cm³/mol. The number of rotatable bonds is 6. The van der Waals surface area contributed by atoms with Crippen LogP contribution in [-0.4, -0.2) is 49.1 Å². The second kappa shape index (κ2) is 7.74. The first-order valence-electron chi connectivity index (χ1n) is 7.29. The Bertz CT molecular complexity index is 251. The van der Waals surface area contributed by atoms with Crippen molar-refractivity contribution in [3.63, 3.8) is 0 Å². The van der Waals surface area contributed by atoms with E-state index in [0.717, 1.165) is 19.5 Å². The van der Waals surface area contributed by atoms with Gasteiger partial charge in [0, 0.05) is 25.7 Å². The summed E-state index contributed by atoms with van der Waals surface area (Å²) < 4.78 is 0. The summed E-state index contributed by atoms with van der Waals surface area (Å²) in [4.78, 5) is 13.7. The molecule has 2 N–H and O–H groups in total. The van der Waals surface area contributed by atoms with Crippen molar-refractivity contribution in [1.82, 2.24) is 15.5 Å². The molecule has 1 aliphatic heterocycles. The first-order valence-corrected chi connectivity index (χ1v) is 7.29. The highest BCUT2D eigenvalue weighted by Gasteiger charge is 2.20. The maximum atomic E-state index is 11.9. The summed E-state index contributed by atoms with van der Waals surface area (Å²) in [5.74, 6) is 0.181. The summed E-state index contributed by atoms with van der Waals surface area (Å²) in [6.45, 7) is 8.04. The minimum atomic E-state index is -0.0893. The fourth-order valence-corrected chi connectivity index (χ4v) is 2.60. The van der Waals surface area contributed by atoms with Crippen molar-refractivity contribution in [2.45, 2.75) is 64.6 Å². The zero-order chi connectivity index (χ0) is 13.5. The summed E-state index contributed by atoms with van der Waals surface area (Å²) in [6, 6.07) is 0.908. The lowest BCUT2D eigenvalue weighted by Crippen LogP contribution is -2.48. The van der Waals surface area contributed by atoms with E-state index in [1.807, 2.05) is 20.9 Å². The Morgan fingerprint density at radius 2 is 2.17 bits per heavy atom. The average Bonchev–Trinajstić information content (AvgIpc) is 2.37. The molecule has 3 atom stereocenters. The molecule has 0 aromatic heterocycles. The van der Waals surface area contributed by atoms with Crippen molar-refractivity contribution in [1.29, 1.82) is 0 Å². The number of nitrogens with zero attached hydrogens (tertiary/aromatic N) is 1. The van der Waals surface area contributed by atoms with Gasteiger partial charge in [0.1, 0.15) is 0 Å². The Balaban J connectivity index is 2.29. The second-order valence-electron chi connectivity index (χ2n) is 5.52. The predicted octanol–water partition coefficient (Wildman–Crippen LogP) is 1.36.